The van der Waals surface area contributed by atoms with Crippen LogP contribution in [0.3, 0.4) is 0 Å². The molecule has 1 aliphatic carbocycles. The Bertz CT molecular complexity index is 224. The van der Waals surface area contributed by atoms with Gasteiger partial charge >= 0.3 is 0 Å². The number of nitrogens with two attached hydrogens (primary N) is 1. The van der Waals surface area contributed by atoms with Crippen LogP contribution in [0.1, 0.15) is 39.0 Å². The minimum atomic E-state index is 0.0897. The molecule has 0 heterocycles. The largest absolute Gasteiger partial charge is 0.393 e. The lowest BCUT2D eigenvalue weighted by atomic mass is 10.2. The second kappa shape index (κ2) is 5.29. The molecule has 2 N–H and O–H groups in total. The van der Waals surface area contributed by atoms with Crippen molar-refractivity contribution >= 4 is 23.1 Å². The summed E-state index contributed by atoms with van der Waals surface area (Å²) in [5, 5.41) is 0. The zero-order valence-corrected chi connectivity index (χ0v) is 9.48. The molecule has 0 atom stereocenters. The molecule has 1 rings (SSSR count). The highest BCUT2D eigenvalue weighted by atomic mass is 32.1. The number of amides is 1. The third-order valence-corrected chi connectivity index (χ3v) is 2.90. The number of hydrogen-bond acceptors (Lipinski definition) is 2. The van der Waals surface area contributed by atoms with Crippen LogP contribution in [0.25, 0.3) is 0 Å². The van der Waals surface area contributed by atoms with E-state index in [1.807, 2.05) is 11.8 Å². The number of thiocarbonyl (C=S) groups is 1. The first kappa shape index (κ1) is 11.4. The van der Waals surface area contributed by atoms with E-state index in [1.54, 1.807) is 0 Å². The lowest BCUT2D eigenvalue weighted by Gasteiger charge is -2.27. The maximum absolute atomic E-state index is 11.7. The Morgan fingerprint density at radius 1 is 1.50 bits per heavy atom. The highest BCUT2D eigenvalue weighted by Gasteiger charge is 2.25. The SMILES string of the molecule is CCN(C(=O)CC(N)=S)C1CCCC1. The Balaban J connectivity index is 2.51. The van der Waals surface area contributed by atoms with Crippen molar-refractivity contribution in [1.82, 2.24) is 4.90 Å². The fourth-order valence-electron chi connectivity index (χ4n) is 2.10. The van der Waals surface area contributed by atoms with Crippen LogP contribution in [0, 0.1) is 0 Å². The zero-order valence-electron chi connectivity index (χ0n) is 8.66. The van der Waals surface area contributed by atoms with Crippen molar-refractivity contribution in [2.75, 3.05) is 6.54 Å². The summed E-state index contributed by atoms with van der Waals surface area (Å²) in [6, 6.07) is 0.432. The molecule has 0 aromatic heterocycles. The molecule has 0 bridgehead atoms. The van der Waals surface area contributed by atoms with Crippen LogP contribution in [-0.4, -0.2) is 28.4 Å². The third kappa shape index (κ3) is 2.94. The van der Waals surface area contributed by atoms with Crippen LogP contribution >= 0.6 is 12.2 Å². The topological polar surface area (TPSA) is 46.3 Å². The van der Waals surface area contributed by atoms with Gasteiger partial charge in [0.25, 0.3) is 0 Å². The number of carbonyl (C=O) groups is 1. The molecule has 3 nitrogen and oxygen atoms in total. The van der Waals surface area contributed by atoms with Gasteiger partial charge in [-0.1, -0.05) is 25.1 Å². The van der Waals surface area contributed by atoms with Gasteiger partial charge in [-0.25, -0.2) is 0 Å². The summed E-state index contributed by atoms with van der Waals surface area (Å²) in [5.41, 5.74) is 5.37. The summed E-state index contributed by atoms with van der Waals surface area (Å²) in [6.07, 6.45) is 4.97. The molecular weight excluding hydrogens is 196 g/mol. The molecule has 4 heteroatoms. The predicted octanol–water partition coefficient (Wildman–Crippen LogP) is 1.45. The van der Waals surface area contributed by atoms with Crippen molar-refractivity contribution in [3.63, 3.8) is 0 Å². The van der Waals surface area contributed by atoms with Crippen LogP contribution in [0.15, 0.2) is 0 Å². The Kier molecular flexibility index (Phi) is 4.32. The van der Waals surface area contributed by atoms with Crippen LogP contribution in [0.4, 0.5) is 0 Å². The lowest BCUT2D eigenvalue weighted by molar-refractivity contribution is -0.131. The first-order chi connectivity index (χ1) is 6.65. The van der Waals surface area contributed by atoms with Gasteiger partial charge in [-0.15, -0.1) is 0 Å². The van der Waals surface area contributed by atoms with Crippen molar-refractivity contribution in [3.05, 3.63) is 0 Å². The Labute approximate surface area is 90.6 Å². The predicted molar refractivity (Wildman–Crippen MR) is 61.0 cm³/mol. The normalized spacial score (nSPS) is 16.9. The molecule has 0 spiro atoms. The molecule has 1 fully saturated rings. The summed E-state index contributed by atoms with van der Waals surface area (Å²) in [6.45, 7) is 2.78. The van der Waals surface area contributed by atoms with Gasteiger partial charge in [0.05, 0.1) is 11.4 Å². The highest BCUT2D eigenvalue weighted by Crippen LogP contribution is 2.23. The molecule has 1 saturated carbocycles. The van der Waals surface area contributed by atoms with E-state index < -0.39 is 0 Å². The average molecular weight is 214 g/mol. The number of carbonyl (C=O) groups excluding carboxylic acids is 1. The van der Waals surface area contributed by atoms with E-state index in [4.69, 9.17) is 18.0 Å². The maximum Gasteiger partial charge on any atom is 0.229 e. The molecule has 80 valence electrons. The van der Waals surface area contributed by atoms with Gasteiger partial charge in [-0.05, 0) is 19.8 Å². The molecule has 1 amide bonds. The van der Waals surface area contributed by atoms with Gasteiger partial charge in [0.2, 0.25) is 5.91 Å². The zero-order chi connectivity index (χ0) is 10.6. The Morgan fingerprint density at radius 3 is 2.50 bits per heavy atom. The van der Waals surface area contributed by atoms with E-state index in [9.17, 15) is 4.79 Å². The van der Waals surface area contributed by atoms with E-state index in [2.05, 4.69) is 0 Å². The summed E-state index contributed by atoms with van der Waals surface area (Å²) < 4.78 is 0. The van der Waals surface area contributed by atoms with Crippen molar-refractivity contribution in [2.24, 2.45) is 5.73 Å². The fourth-order valence-corrected chi connectivity index (χ4v) is 2.23. The van der Waals surface area contributed by atoms with E-state index >= 15 is 0 Å². The van der Waals surface area contributed by atoms with E-state index in [-0.39, 0.29) is 12.3 Å². The minimum absolute atomic E-state index is 0.0897. The quantitative estimate of drug-likeness (QED) is 0.721. The molecule has 0 aromatic carbocycles. The number of rotatable bonds is 4. The summed E-state index contributed by atoms with van der Waals surface area (Å²) in [7, 11) is 0. The molecule has 14 heavy (non-hydrogen) atoms. The maximum atomic E-state index is 11.7. The van der Waals surface area contributed by atoms with Gasteiger partial charge in [0.15, 0.2) is 0 Å². The average Bonchev–Trinajstić information content (AvgIpc) is 2.57. The second-order valence-corrected chi connectivity index (χ2v) is 4.29. The molecule has 0 saturated heterocycles. The Morgan fingerprint density at radius 2 is 2.07 bits per heavy atom. The Hall–Kier alpha value is -0.640. The van der Waals surface area contributed by atoms with E-state index in [0.29, 0.717) is 11.0 Å². The van der Waals surface area contributed by atoms with Crippen molar-refractivity contribution in [2.45, 2.75) is 45.1 Å². The van der Waals surface area contributed by atoms with Crippen LogP contribution in [0.5, 0.6) is 0 Å². The molecule has 0 radical (unpaired) electrons. The molecule has 0 aliphatic heterocycles. The smallest absolute Gasteiger partial charge is 0.229 e. The van der Waals surface area contributed by atoms with Crippen LogP contribution < -0.4 is 5.73 Å². The van der Waals surface area contributed by atoms with Crippen molar-refractivity contribution in [3.8, 4) is 0 Å². The lowest BCUT2D eigenvalue weighted by Crippen LogP contribution is -2.40. The van der Waals surface area contributed by atoms with Gasteiger partial charge < -0.3 is 10.6 Å². The summed E-state index contributed by atoms with van der Waals surface area (Å²) >= 11 is 4.74. The van der Waals surface area contributed by atoms with Gasteiger partial charge in [0.1, 0.15) is 0 Å². The number of hydrogen-bond donors (Lipinski definition) is 1. The highest BCUT2D eigenvalue weighted by molar-refractivity contribution is 7.80. The monoisotopic (exact) mass is 214 g/mol. The van der Waals surface area contributed by atoms with Gasteiger partial charge in [0, 0.05) is 12.6 Å². The first-order valence-electron chi connectivity index (χ1n) is 5.23. The molecule has 0 unspecified atom stereocenters. The van der Waals surface area contributed by atoms with Crippen LogP contribution in [-0.2, 0) is 4.79 Å². The van der Waals surface area contributed by atoms with Gasteiger partial charge in [-0.3, -0.25) is 4.79 Å². The third-order valence-electron chi connectivity index (χ3n) is 2.75. The minimum Gasteiger partial charge on any atom is -0.393 e. The molecule has 1 aliphatic rings. The molecular formula is C10H18N2OS. The van der Waals surface area contributed by atoms with Gasteiger partial charge in [-0.2, -0.15) is 0 Å². The number of nitrogens with zero attached hydrogens (tertiary/aromatic N) is 1. The second-order valence-electron chi connectivity index (χ2n) is 3.76. The van der Waals surface area contributed by atoms with E-state index in [1.165, 1.54) is 12.8 Å². The summed E-state index contributed by atoms with van der Waals surface area (Å²) in [4.78, 5) is 14.0. The van der Waals surface area contributed by atoms with Crippen LogP contribution in [0.2, 0.25) is 0 Å². The summed E-state index contributed by atoms with van der Waals surface area (Å²) in [5.74, 6) is 0.0897. The van der Waals surface area contributed by atoms with Crippen molar-refractivity contribution < 1.29 is 4.79 Å². The molecule has 0 aromatic rings. The first-order valence-corrected chi connectivity index (χ1v) is 5.63. The van der Waals surface area contributed by atoms with E-state index in [0.717, 1.165) is 19.4 Å². The van der Waals surface area contributed by atoms with Crippen molar-refractivity contribution in [1.29, 1.82) is 0 Å². The fraction of sp³-hybridized carbons (Fsp3) is 0.800. The standard InChI is InChI=1S/C10H18N2OS/c1-2-12(8-5-3-4-6-8)10(13)7-9(11)14/h8H,2-7H2,1H3,(H2,11,14).